The fraction of sp³-hybridized carbons (Fsp3) is 0.0909. The molecule has 0 atom stereocenters. The fourth-order valence-electron chi connectivity index (χ4n) is 1.58. The third-order valence-electron chi connectivity index (χ3n) is 2.40. The van der Waals surface area contributed by atoms with Crippen LogP contribution in [-0.2, 0) is 4.74 Å². The molecule has 0 spiro atoms. The number of esters is 1. The lowest BCUT2D eigenvalue weighted by atomic mass is 9.77. The summed E-state index contributed by atoms with van der Waals surface area (Å²) >= 11 is 0.887. The van der Waals surface area contributed by atoms with Crippen molar-refractivity contribution in [3.63, 3.8) is 0 Å². The van der Waals surface area contributed by atoms with Gasteiger partial charge in [0.25, 0.3) is 0 Å². The molecule has 0 saturated heterocycles. The average molecular weight is 263 g/mol. The first-order valence-corrected chi connectivity index (χ1v) is 5.92. The van der Waals surface area contributed by atoms with Crippen LogP contribution in [0.25, 0.3) is 11.3 Å². The normalized spacial score (nSPS) is 10.2. The van der Waals surface area contributed by atoms with Crippen LogP contribution in [0.4, 0.5) is 0 Å². The Bertz CT molecular complexity index is 555. The summed E-state index contributed by atoms with van der Waals surface area (Å²) in [4.78, 5) is 11.6. The van der Waals surface area contributed by atoms with Crippen molar-refractivity contribution in [3.8, 4) is 11.3 Å². The van der Waals surface area contributed by atoms with Gasteiger partial charge in [-0.15, -0.1) is 0 Å². The highest BCUT2D eigenvalue weighted by atomic mass is 32.1. The van der Waals surface area contributed by atoms with E-state index in [1.54, 1.807) is 24.3 Å². The Balaban J connectivity index is 2.56. The smallest absolute Gasteiger partial charge is 0.465 e. The molecule has 92 valence electrons. The van der Waals surface area contributed by atoms with E-state index in [1.807, 2.05) is 6.07 Å². The van der Waals surface area contributed by atoms with Gasteiger partial charge in [0.05, 0.1) is 12.8 Å². The molecule has 0 amide bonds. The van der Waals surface area contributed by atoms with Gasteiger partial charge in [-0.25, -0.2) is 4.79 Å². The highest BCUT2D eigenvalue weighted by Crippen LogP contribution is 2.20. The molecule has 18 heavy (non-hydrogen) atoms. The second-order valence-electron chi connectivity index (χ2n) is 3.51. The SMILES string of the molecule is COC(=O)c1snc(-c2ccccc2)c1B(O)O. The molecule has 7 heteroatoms. The average Bonchev–Trinajstić information content (AvgIpc) is 2.83. The fourth-order valence-corrected chi connectivity index (χ4v) is 2.43. The minimum atomic E-state index is -1.77. The zero-order valence-corrected chi connectivity index (χ0v) is 10.3. The second-order valence-corrected chi connectivity index (χ2v) is 4.28. The first-order valence-electron chi connectivity index (χ1n) is 5.14. The molecule has 1 heterocycles. The molecule has 5 nitrogen and oxygen atoms in total. The standard InChI is InChI=1S/C11H10BNO4S/c1-17-11(14)10-8(12(15)16)9(13-18-10)7-5-3-2-4-6-7/h2-6,15-16H,1H3. The van der Waals surface area contributed by atoms with Crippen molar-refractivity contribution in [1.82, 2.24) is 4.37 Å². The number of hydrogen-bond donors (Lipinski definition) is 2. The van der Waals surface area contributed by atoms with Crippen molar-refractivity contribution in [2.75, 3.05) is 7.11 Å². The van der Waals surface area contributed by atoms with E-state index >= 15 is 0 Å². The molecular formula is C11H10BNO4S. The van der Waals surface area contributed by atoms with E-state index in [-0.39, 0.29) is 10.3 Å². The molecule has 0 aliphatic rings. The Kier molecular flexibility index (Phi) is 3.76. The Morgan fingerprint density at radius 1 is 1.33 bits per heavy atom. The van der Waals surface area contributed by atoms with Gasteiger partial charge < -0.3 is 14.8 Å². The number of ether oxygens (including phenoxy) is 1. The predicted octanol–water partition coefficient (Wildman–Crippen LogP) is 0.276. The topological polar surface area (TPSA) is 79.7 Å². The van der Waals surface area contributed by atoms with Gasteiger partial charge >= 0.3 is 13.1 Å². The van der Waals surface area contributed by atoms with Crippen LogP contribution in [0, 0.1) is 0 Å². The monoisotopic (exact) mass is 263 g/mol. The molecule has 0 unspecified atom stereocenters. The molecule has 0 saturated carbocycles. The molecule has 2 rings (SSSR count). The lowest BCUT2D eigenvalue weighted by Crippen LogP contribution is -2.34. The van der Waals surface area contributed by atoms with Gasteiger partial charge in [-0.1, -0.05) is 30.3 Å². The highest BCUT2D eigenvalue weighted by molar-refractivity contribution is 7.10. The minimum absolute atomic E-state index is 0.0815. The summed E-state index contributed by atoms with van der Waals surface area (Å²) in [5.74, 6) is -0.627. The minimum Gasteiger partial charge on any atom is -0.465 e. The van der Waals surface area contributed by atoms with Crippen molar-refractivity contribution >= 4 is 30.1 Å². The van der Waals surface area contributed by atoms with E-state index in [9.17, 15) is 14.8 Å². The number of nitrogens with zero attached hydrogens (tertiary/aromatic N) is 1. The number of carbonyl (C=O) groups excluding carboxylic acids is 1. The quantitative estimate of drug-likeness (QED) is 0.614. The summed E-state index contributed by atoms with van der Waals surface area (Å²) in [6.45, 7) is 0. The van der Waals surface area contributed by atoms with Crippen LogP contribution < -0.4 is 5.46 Å². The molecule has 1 aromatic heterocycles. The molecular weight excluding hydrogens is 253 g/mol. The maximum atomic E-state index is 11.5. The third-order valence-corrected chi connectivity index (χ3v) is 3.25. The van der Waals surface area contributed by atoms with Crippen LogP contribution >= 0.6 is 11.5 Å². The van der Waals surface area contributed by atoms with E-state index in [0.717, 1.165) is 11.5 Å². The largest absolute Gasteiger partial charge is 0.492 e. The van der Waals surface area contributed by atoms with Crippen LogP contribution in [-0.4, -0.2) is 34.6 Å². The zero-order valence-electron chi connectivity index (χ0n) is 9.53. The number of methoxy groups -OCH3 is 1. The molecule has 2 N–H and O–H groups in total. The Hall–Kier alpha value is -1.70. The number of hydrogen-bond acceptors (Lipinski definition) is 6. The van der Waals surface area contributed by atoms with Gasteiger partial charge in [0.1, 0.15) is 4.88 Å². The number of carbonyl (C=O) groups is 1. The number of benzene rings is 1. The first-order chi connectivity index (χ1) is 8.65. The summed E-state index contributed by atoms with van der Waals surface area (Å²) in [6.07, 6.45) is 0. The van der Waals surface area contributed by atoms with Crippen LogP contribution in [0.1, 0.15) is 9.67 Å². The molecule has 0 bridgehead atoms. The zero-order chi connectivity index (χ0) is 13.1. The molecule has 0 radical (unpaired) electrons. The molecule has 0 fully saturated rings. The Labute approximate surface area is 108 Å². The van der Waals surface area contributed by atoms with Crippen molar-refractivity contribution in [2.24, 2.45) is 0 Å². The third kappa shape index (κ3) is 2.28. The Morgan fingerprint density at radius 2 is 2.00 bits per heavy atom. The summed E-state index contributed by atoms with van der Waals surface area (Å²) in [7, 11) is -0.536. The summed E-state index contributed by atoms with van der Waals surface area (Å²) < 4.78 is 8.68. The van der Waals surface area contributed by atoms with E-state index in [2.05, 4.69) is 9.11 Å². The van der Waals surface area contributed by atoms with Crippen molar-refractivity contribution in [2.45, 2.75) is 0 Å². The van der Waals surface area contributed by atoms with E-state index in [4.69, 9.17) is 0 Å². The van der Waals surface area contributed by atoms with E-state index < -0.39 is 13.1 Å². The van der Waals surface area contributed by atoms with Gasteiger partial charge in [0.15, 0.2) is 0 Å². The maximum absolute atomic E-state index is 11.5. The van der Waals surface area contributed by atoms with Crippen molar-refractivity contribution < 1.29 is 19.6 Å². The van der Waals surface area contributed by atoms with Crippen LogP contribution in [0.15, 0.2) is 30.3 Å². The second kappa shape index (κ2) is 5.30. The van der Waals surface area contributed by atoms with Crippen LogP contribution in [0.2, 0.25) is 0 Å². The van der Waals surface area contributed by atoms with Gasteiger partial charge in [0.2, 0.25) is 0 Å². The van der Waals surface area contributed by atoms with Crippen molar-refractivity contribution in [1.29, 1.82) is 0 Å². The molecule has 0 aliphatic carbocycles. The van der Waals surface area contributed by atoms with Crippen molar-refractivity contribution in [3.05, 3.63) is 35.2 Å². The predicted molar refractivity (Wildman–Crippen MR) is 68.7 cm³/mol. The molecule has 0 aliphatic heterocycles. The lowest BCUT2D eigenvalue weighted by Gasteiger charge is -2.03. The number of rotatable bonds is 3. The van der Waals surface area contributed by atoms with Crippen LogP contribution in [0.5, 0.6) is 0 Å². The van der Waals surface area contributed by atoms with E-state index in [1.165, 1.54) is 7.11 Å². The Morgan fingerprint density at radius 3 is 2.56 bits per heavy atom. The highest BCUT2D eigenvalue weighted by Gasteiger charge is 2.29. The summed E-state index contributed by atoms with van der Waals surface area (Å²) in [6, 6.07) is 9.01. The maximum Gasteiger partial charge on any atom is 0.492 e. The lowest BCUT2D eigenvalue weighted by molar-refractivity contribution is 0.0607. The summed E-state index contributed by atoms with van der Waals surface area (Å²) in [5, 5.41) is 18.8. The van der Waals surface area contributed by atoms with E-state index in [0.29, 0.717) is 11.3 Å². The number of aromatic nitrogens is 1. The van der Waals surface area contributed by atoms with Gasteiger partial charge in [-0.3, -0.25) is 0 Å². The molecule has 1 aromatic carbocycles. The van der Waals surface area contributed by atoms with Gasteiger partial charge in [-0.05, 0) is 11.5 Å². The van der Waals surface area contributed by atoms with Gasteiger partial charge in [-0.2, -0.15) is 4.37 Å². The van der Waals surface area contributed by atoms with Gasteiger partial charge in [0, 0.05) is 11.0 Å². The summed E-state index contributed by atoms with van der Waals surface area (Å²) in [5.41, 5.74) is 1.18. The first kappa shape index (κ1) is 12.8. The molecule has 2 aromatic rings. The van der Waals surface area contributed by atoms with Crippen LogP contribution in [0.3, 0.4) is 0 Å².